The number of amides is 2. The minimum Gasteiger partial charge on any atom is -0.357 e. The summed E-state index contributed by atoms with van der Waals surface area (Å²) in [5.74, 6) is -0.755. The number of rotatable bonds is 7. The van der Waals surface area contributed by atoms with Crippen LogP contribution in [0.5, 0.6) is 0 Å². The van der Waals surface area contributed by atoms with E-state index < -0.39 is 11.9 Å². The lowest BCUT2D eigenvalue weighted by atomic mass is 9.99. The van der Waals surface area contributed by atoms with Crippen molar-refractivity contribution in [1.82, 2.24) is 15.5 Å². The lowest BCUT2D eigenvalue weighted by Crippen LogP contribution is -2.47. The van der Waals surface area contributed by atoms with Gasteiger partial charge < -0.3 is 20.3 Å². The van der Waals surface area contributed by atoms with E-state index in [4.69, 9.17) is 0 Å². The van der Waals surface area contributed by atoms with Crippen molar-refractivity contribution in [2.24, 2.45) is 0 Å². The second-order valence-corrected chi connectivity index (χ2v) is 5.72. The Morgan fingerprint density at radius 2 is 1.96 bits per heavy atom. The van der Waals surface area contributed by atoms with E-state index in [2.05, 4.69) is 10.6 Å². The van der Waals surface area contributed by atoms with Crippen LogP contribution in [0.2, 0.25) is 0 Å². The molecule has 1 aliphatic heterocycles. The van der Waals surface area contributed by atoms with Gasteiger partial charge in [0.15, 0.2) is 6.29 Å². The van der Waals surface area contributed by atoms with Crippen molar-refractivity contribution in [2.45, 2.75) is 32.0 Å². The number of aldehydes is 2. The van der Waals surface area contributed by atoms with Crippen molar-refractivity contribution >= 4 is 24.4 Å². The van der Waals surface area contributed by atoms with Gasteiger partial charge in [-0.3, -0.25) is 14.4 Å². The number of likely N-dealkylation sites (N-methyl/N-ethyl adjacent to an activating group) is 2. The molecule has 2 rings (SSSR count). The Morgan fingerprint density at radius 1 is 1.29 bits per heavy atom. The molecule has 0 saturated carbocycles. The molecule has 0 aliphatic carbocycles. The van der Waals surface area contributed by atoms with Gasteiger partial charge >= 0.3 is 0 Å². The summed E-state index contributed by atoms with van der Waals surface area (Å²) in [4.78, 5) is 48.1. The van der Waals surface area contributed by atoms with E-state index in [0.717, 1.165) is 11.1 Å². The van der Waals surface area contributed by atoms with E-state index in [1.807, 2.05) is 0 Å². The van der Waals surface area contributed by atoms with E-state index in [1.54, 1.807) is 12.1 Å². The van der Waals surface area contributed by atoms with Gasteiger partial charge in [-0.2, -0.15) is 0 Å². The summed E-state index contributed by atoms with van der Waals surface area (Å²) < 4.78 is 0. The maximum absolute atomic E-state index is 12.8. The Morgan fingerprint density at radius 3 is 2.54 bits per heavy atom. The summed E-state index contributed by atoms with van der Waals surface area (Å²) in [6, 6.07) is 2.65. The Kier molecular flexibility index (Phi) is 5.81. The van der Waals surface area contributed by atoms with Crippen LogP contribution in [0, 0.1) is 0 Å². The zero-order valence-corrected chi connectivity index (χ0v) is 13.8. The van der Waals surface area contributed by atoms with E-state index in [1.165, 1.54) is 19.0 Å². The SMILES string of the molecule is CNC(=O)C(CCC=O)N(C)C(=O)c1cc2c(cc1C=O)CNC2. The normalized spacial score (nSPS) is 13.8. The second-order valence-electron chi connectivity index (χ2n) is 5.72. The lowest BCUT2D eigenvalue weighted by molar-refractivity contribution is -0.125. The molecular weight excluding hydrogens is 310 g/mol. The van der Waals surface area contributed by atoms with Crippen LogP contribution in [0.3, 0.4) is 0 Å². The highest BCUT2D eigenvalue weighted by Gasteiger charge is 2.28. The molecule has 0 saturated heterocycles. The van der Waals surface area contributed by atoms with Gasteiger partial charge in [-0.15, -0.1) is 0 Å². The fourth-order valence-electron chi connectivity index (χ4n) is 2.88. The van der Waals surface area contributed by atoms with Crippen LogP contribution in [0.4, 0.5) is 0 Å². The Hall–Kier alpha value is -2.54. The first-order chi connectivity index (χ1) is 11.5. The smallest absolute Gasteiger partial charge is 0.255 e. The number of hydrogen-bond donors (Lipinski definition) is 2. The average Bonchev–Trinajstić information content (AvgIpc) is 3.06. The Labute approximate surface area is 140 Å². The van der Waals surface area contributed by atoms with E-state index in [9.17, 15) is 19.2 Å². The molecule has 0 aromatic heterocycles. The molecule has 1 unspecified atom stereocenters. The number of fused-ring (bicyclic) bond motifs is 1. The summed E-state index contributed by atoms with van der Waals surface area (Å²) in [6.07, 6.45) is 1.77. The van der Waals surface area contributed by atoms with Crippen LogP contribution in [-0.4, -0.2) is 49.4 Å². The monoisotopic (exact) mass is 331 g/mol. The minimum atomic E-state index is -0.765. The number of carbonyl (C=O) groups excluding carboxylic acids is 4. The maximum Gasteiger partial charge on any atom is 0.255 e. The summed E-state index contributed by atoms with van der Waals surface area (Å²) in [7, 11) is 2.99. The van der Waals surface area contributed by atoms with Crippen molar-refractivity contribution in [1.29, 1.82) is 0 Å². The fourth-order valence-corrected chi connectivity index (χ4v) is 2.88. The number of carbonyl (C=O) groups is 4. The van der Waals surface area contributed by atoms with Crippen molar-refractivity contribution in [3.63, 3.8) is 0 Å². The van der Waals surface area contributed by atoms with Gasteiger partial charge in [0.2, 0.25) is 5.91 Å². The quantitative estimate of drug-likeness (QED) is 0.699. The van der Waals surface area contributed by atoms with Crippen molar-refractivity contribution in [3.05, 3.63) is 34.4 Å². The maximum atomic E-state index is 12.8. The standard InChI is InChI=1S/C17H21N3O4/c1-18-16(23)15(4-3-5-21)20(2)17(24)14-7-12-9-19-8-11(12)6-13(14)10-22/h5-7,10,15,19H,3-4,8-9H2,1-2H3,(H,18,23). The van der Waals surface area contributed by atoms with Gasteiger partial charge in [0, 0.05) is 39.2 Å². The van der Waals surface area contributed by atoms with E-state index >= 15 is 0 Å². The fraction of sp³-hybridized carbons (Fsp3) is 0.412. The lowest BCUT2D eigenvalue weighted by Gasteiger charge is -2.27. The molecule has 0 bridgehead atoms. The number of nitrogens with one attached hydrogen (secondary N) is 2. The number of hydrogen-bond acceptors (Lipinski definition) is 5. The predicted molar refractivity (Wildman–Crippen MR) is 87.6 cm³/mol. The van der Waals surface area contributed by atoms with Gasteiger partial charge in [0.05, 0.1) is 5.56 Å². The number of benzene rings is 1. The average molecular weight is 331 g/mol. The second kappa shape index (κ2) is 7.83. The molecular formula is C17H21N3O4. The third-order valence-electron chi connectivity index (χ3n) is 4.25. The molecule has 0 fully saturated rings. The summed E-state index contributed by atoms with van der Waals surface area (Å²) in [5, 5.41) is 5.67. The first kappa shape index (κ1) is 17.8. The molecule has 1 aromatic rings. The van der Waals surface area contributed by atoms with Crippen LogP contribution in [0.15, 0.2) is 12.1 Å². The Balaban J connectivity index is 2.33. The van der Waals surface area contributed by atoms with Crippen molar-refractivity contribution in [2.75, 3.05) is 14.1 Å². The first-order valence-electron chi connectivity index (χ1n) is 7.77. The van der Waals surface area contributed by atoms with Crippen LogP contribution >= 0.6 is 0 Å². The molecule has 1 atom stereocenters. The molecule has 128 valence electrons. The van der Waals surface area contributed by atoms with Crippen LogP contribution in [-0.2, 0) is 22.7 Å². The molecule has 0 spiro atoms. The summed E-state index contributed by atoms with van der Waals surface area (Å²) in [5.41, 5.74) is 2.55. The summed E-state index contributed by atoms with van der Waals surface area (Å²) in [6.45, 7) is 1.31. The zero-order chi connectivity index (χ0) is 17.7. The Bertz CT molecular complexity index is 672. The molecule has 2 amide bonds. The van der Waals surface area contributed by atoms with Crippen molar-refractivity contribution in [3.8, 4) is 0 Å². The van der Waals surface area contributed by atoms with E-state index in [-0.39, 0.29) is 24.3 Å². The molecule has 1 aromatic carbocycles. The number of nitrogens with zero attached hydrogens (tertiary/aromatic N) is 1. The summed E-state index contributed by atoms with van der Waals surface area (Å²) >= 11 is 0. The highest BCUT2D eigenvalue weighted by molar-refractivity contribution is 6.03. The van der Waals surface area contributed by atoms with Gasteiger partial charge in [-0.05, 0) is 29.7 Å². The molecule has 1 aliphatic rings. The molecule has 7 nitrogen and oxygen atoms in total. The van der Waals surface area contributed by atoms with Gasteiger partial charge in [-0.25, -0.2) is 0 Å². The molecule has 7 heteroatoms. The van der Waals surface area contributed by atoms with Gasteiger partial charge in [0.1, 0.15) is 12.3 Å². The van der Waals surface area contributed by atoms with Gasteiger partial charge in [-0.1, -0.05) is 0 Å². The van der Waals surface area contributed by atoms with Crippen LogP contribution < -0.4 is 10.6 Å². The molecule has 0 radical (unpaired) electrons. The third-order valence-corrected chi connectivity index (χ3v) is 4.25. The molecule has 2 N–H and O–H groups in total. The highest BCUT2D eigenvalue weighted by Crippen LogP contribution is 2.22. The van der Waals surface area contributed by atoms with Crippen LogP contribution in [0.25, 0.3) is 0 Å². The zero-order valence-electron chi connectivity index (χ0n) is 13.8. The van der Waals surface area contributed by atoms with Crippen LogP contribution in [0.1, 0.15) is 44.7 Å². The van der Waals surface area contributed by atoms with Gasteiger partial charge in [0.25, 0.3) is 5.91 Å². The molecule has 24 heavy (non-hydrogen) atoms. The first-order valence-corrected chi connectivity index (χ1v) is 7.77. The largest absolute Gasteiger partial charge is 0.357 e. The predicted octanol–water partition coefficient (Wildman–Crippen LogP) is 0.268. The topological polar surface area (TPSA) is 95.6 Å². The molecule has 1 heterocycles. The third kappa shape index (κ3) is 3.51. The van der Waals surface area contributed by atoms with Crippen molar-refractivity contribution < 1.29 is 19.2 Å². The highest BCUT2D eigenvalue weighted by atomic mass is 16.2. The minimum absolute atomic E-state index is 0.171. The van der Waals surface area contributed by atoms with E-state index in [0.29, 0.717) is 31.2 Å².